The average molecular weight is 312 g/mol. The van der Waals surface area contributed by atoms with E-state index in [1.165, 1.54) is 18.2 Å². The van der Waals surface area contributed by atoms with Gasteiger partial charge in [-0.3, -0.25) is 4.79 Å². The monoisotopic (exact) mass is 311 g/mol. The number of benzene rings is 2. The molecule has 0 spiro atoms. The largest absolute Gasteiger partial charge is 0.348 e. The Labute approximate surface area is 126 Å². The number of carbonyl (C=O) groups excluding carboxylic acids is 1. The van der Waals surface area contributed by atoms with Gasteiger partial charge >= 0.3 is 0 Å². The van der Waals surface area contributed by atoms with Crippen LogP contribution in [0.4, 0.5) is 4.39 Å². The molecule has 1 N–H and O–H groups in total. The Kier molecular flexibility index (Phi) is 4.99. The predicted octanol–water partition coefficient (Wildman–Crippen LogP) is 4.15. The van der Waals surface area contributed by atoms with Crippen molar-refractivity contribution in [2.75, 3.05) is 0 Å². The number of amides is 1. The minimum atomic E-state index is -0.606. The number of hydrogen-bond donors (Lipinski definition) is 1. The van der Waals surface area contributed by atoms with Crippen LogP contribution >= 0.6 is 23.2 Å². The maximum absolute atomic E-state index is 13.3. The molecule has 2 aromatic rings. The average Bonchev–Trinajstić information content (AvgIpc) is 2.48. The van der Waals surface area contributed by atoms with Gasteiger partial charge in [-0.1, -0.05) is 41.9 Å². The molecule has 104 valence electrons. The molecule has 0 atom stereocenters. The molecular formula is C15H12Cl2FNO. The van der Waals surface area contributed by atoms with Gasteiger partial charge in [0, 0.05) is 12.4 Å². The summed E-state index contributed by atoms with van der Waals surface area (Å²) >= 11 is 11.5. The molecule has 20 heavy (non-hydrogen) atoms. The van der Waals surface area contributed by atoms with Crippen LogP contribution in [-0.2, 0) is 12.4 Å². The molecule has 0 fully saturated rings. The second-order valence-electron chi connectivity index (χ2n) is 4.23. The Bertz CT molecular complexity index is 614. The summed E-state index contributed by atoms with van der Waals surface area (Å²) in [5.41, 5.74) is 2.07. The highest BCUT2D eigenvalue weighted by molar-refractivity contribution is 6.34. The van der Waals surface area contributed by atoms with E-state index in [-0.39, 0.29) is 10.6 Å². The van der Waals surface area contributed by atoms with E-state index in [1.807, 2.05) is 24.3 Å². The van der Waals surface area contributed by atoms with Crippen LogP contribution < -0.4 is 5.32 Å². The molecule has 2 aromatic carbocycles. The van der Waals surface area contributed by atoms with Gasteiger partial charge in [-0.2, -0.15) is 0 Å². The van der Waals surface area contributed by atoms with Crippen LogP contribution in [0.3, 0.4) is 0 Å². The minimum absolute atomic E-state index is 0.129. The van der Waals surface area contributed by atoms with Crippen molar-refractivity contribution in [3.8, 4) is 0 Å². The van der Waals surface area contributed by atoms with E-state index in [1.54, 1.807) is 0 Å². The van der Waals surface area contributed by atoms with E-state index >= 15 is 0 Å². The van der Waals surface area contributed by atoms with Crippen molar-refractivity contribution in [1.29, 1.82) is 0 Å². The summed E-state index contributed by atoms with van der Waals surface area (Å²) in [6, 6.07) is 11.7. The Balaban J connectivity index is 2.02. The van der Waals surface area contributed by atoms with Crippen molar-refractivity contribution in [2.45, 2.75) is 12.4 Å². The SMILES string of the molecule is O=C(NCc1ccc(CCl)cc1)c1cccc(F)c1Cl. The van der Waals surface area contributed by atoms with Crippen LogP contribution in [0, 0.1) is 5.82 Å². The van der Waals surface area contributed by atoms with E-state index in [4.69, 9.17) is 23.2 Å². The number of halogens is 3. The third kappa shape index (κ3) is 3.50. The first-order valence-electron chi connectivity index (χ1n) is 5.98. The van der Waals surface area contributed by atoms with Gasteiger partial charge in [0.25, 0.3) is 5.91 Å². The van der Waals surface area contributed by atoms with E-state index in [0.717, 1.165) is 11.1 Å². The van der Waals surface area contributed by atoms with Crippen molar-refractivity contribution in [3.63, 3.8) is 0 Å². The fourth-order valence-corrected chi connectivity index (χ4v) is 2.09. The molecule has 0 aliphatic heterocycles. The topological polar surface area (TPSA) is 29.1 Å². The van der Waals surface area contributed by atoms with Crippen LogP contribution in [0.15, 0.2) is 42.5 Å². The lowest BCUT2D eigenvalue weighted by molar-refractivity contribution is 0.0950. The molecule has 0 bridgehead atoms. The lowest BCUT2D eigenvalue weighted by Gasteiger charge is -2.07. The highest BCUT2D eigenvalue weighted by Gasteiger charge is 2.12. The van der Waals surface area contributed by atoms with Gasteiger partial charge in [-0.15, -0.1) is 11.6 Å². The van der Waals surface area contributed by atoms with Crippen molar-refractivity contribution >= 4 is 29.1 Å². The lowest BCUT2D eigenvalue weighted by atomic mass is 10.1. The van der Waals surface area contributed by atoms with Gasteiger partial charge in [-0.05, 0) is 23.3 Å². The Morgan fingerprint density at radius 1 is 1.10 bits per heavy atom. The van der Waals surface area contributed by atoms with Gasteiger partial charge in [0.1, 0.15) is 5.82 Å². The maximum Gasteiger partial charge on any atom is 0.253 e. The number of rotatable bonds is 4. The number of nitrogens with one attached hydrogen (secondary N) is 1. The molecule has 2 nitrogen and oxygen atoms in total. The fourth-order valence-electron chi connectivity index (χ4n) is 1.70. The molecule has 0 unspecified atom stereocenters. The number of alkyl halides is 1. The summed E-state index contributed by atoms with van der Waals surface area (Å²) in [5.74, 6) is -0.562. The standard InChI is InChI=1S/C15H12Cl2FNO/c16-8-10-4-6-11(7-5-10)9-19-15(20)12-2-1-3-13(18)14(12)17/h1-7H,8-9H2,(H,19,20). The van der Waals surface area contributed by atoms with Gasteiger partial charge in [-0.25, -0.2) is 4.39 Å². The zero-order valence-corrected chi connectivity index (χ0v) is 12.0. The number of hydrogen-bond acceptors (Lipinski definition) is 1. The predicted molar refractivity (Wildman–Crippen MR) is 78.6 cm³/mol. The molecule has 0 saturated heterocycles. The van der Waals surface area contributed by atoms with E-state index in [0.29, 0.717) is 12.4 Å². The smallest absolute Gasteiger partial charge is 0.253 e. The highest BCUT2D eigenvalue weighted by Crippen LogP contribution is 2.19. The zero-order valence-electron chi connectivity index (χ0n) is 10.5. The third-order valence-corrected chi connectivity index (χ3v) is 3.52. The second-order valence-corrected chi connectivity index (χ2v) is 4.88. The van der Waals surface area contributed by atoms with Crippen LogP contribution in [0.1, 0.15) is 21.5 Å². The molecular weight excluding hydrogens is 300 g/mol. The maximum atomic E-state index is 13.3. The quantitative estimate of drug-likeness (QED) is 0.844. The van der Waals surface area contributed by atoms with E-state index in [9.17, 15) is 9.18 Å². The van der Waals surface area contributed by atoms with Crippen molar-refractivity contribution in [1.82, 2.24) is 5.32 Å². The zero-order chi connectivity index (χ0) is 14.5. The van der Waals surface area contributed by atoms with E-state index < -0.39 is 11.7 Å². The van der Waals surface area contributed by atoms with Gasteiger partial charge in [0.15, 0.2) is 0 Å². The normalized spacial score (nSPS) is 10.3. The van der Waals surface area contributed by atoms with Crippen LogP contribution in [0.5, 0.6) is 0 Å². The fraction of sp³-hybridized carbons (Fsp3) is 0.133. The van der Waals surface area contributed by atoms with E-state index in [2.05, 4.69) is 5.32 Å². The molecule has 5 heteroatoms. The first-order chi connectivity index (χ1) is 9.61. The van der Waals surface area contributed by atoms with Crippen molar-refractivity contribution in [2.24, 2.45) is 0 Å². The van der Waals surface area contributed by atoms with Gasteiger partial charge < -0.3 is 5.32 Å². The Morgan fingerprint density at radius 2 is 1.75 bits per heavy atom. The van der Waals surface area contributed by atoms with Crippen LogP contribution in [0.25, 0.3) is 0 Å². The summed E-state index contributed by atoms with van der Waals surface area (Å²) in [6.45, 7) is 0.342. The minimum Gasteiger partial charge on any atom is -0.348 e. The summed E-state index contributed by atoms with van der Waals surface area (Å²) in [5, 5.41) is 2.53. The van der Waals surface area contributed by atoms with Crippen LogP contribution in [-0.4, -0.2) is 5.91 Å². The van der Waals surface area contributed by atoms with Crippen molar-refractivity contribution < 1.29 is 9.18 Å². The highest BCUT2D eigenvalue weighted by atomic mass is 35.5. The molecule has 0 radical (unpaired) electrons. The summed E-state index contributed by atoms with van der Waals surface area (Å²) in [7, 11) is 0. The van der Waals surface area contributed by atoms with Gasteiger partial charge in [0.2, 0.25) is 0 Å². The summed E-state index contributed by atoms with van der Waals surface area (Å²) < 4.78 is 13.3. The molecule has 0 heterocycles. The molecule has 2 rings (SSSR count). The third-order valence-electron chi connectivity index (χ3n) is 2.83. The Morgan fingerprint density at radius 3 is 2.40 bits per heavy atom. The molecule has 0 aliphatic carbocycles. The second kappa shape index (κ2) is 6.73. The molecule has 0 aromatic heterocycles. The van der Waals surface area contributed by atoms with Gasteiger partial charge in [0.05, 0.1) is 10.6 Å². The summed E-state index contributed by atoms with van der Waals surface area (Å²) in [6.07, 6.45) is 0. The van der Waals surface area contributed by atoms with Crippen LogP contribution in [0.2, 0.25) is 5.02 Å². The molecule has 0 saturated carbocycles. The first-order valence-corrected chi connectivity index (χ1v) is 6.89. The Hall–Kier alpha value is -1.58. The lowest BCUT2D eigenvalue weighted by Crippen LogP contribution is -2.23. The van der Waals surface area contributed by atoms with Crippen molar-refractivity contribution in [3.05, 3.63) is 70.0 Å². The molecule has 1 amide bonds. The number of carbonyl (C=O) groups is 1. The molecule has 0 aliphatic rings. The first kappa shape index (κ1) is 14.8. The summed E-state index contributed by atoms with van der Waals surface area (Å²) in [4.78, 5) is 11.9.